The summed E-state index contributed by atoms with van der Waals surface area (Å²) in [6.45, 7) is 5.78. The van der Waals surface area contributed by atoms with Crippen LogP contribution in [0.3, 0.4) is 0 Å². The van der Waals surface area contributed by atoms with Crippen molar-refractivity contribution in [1.82, 2.24) is 15.0 Å². The smallest absolute Gasteiger partial charge is 0.271 e. The first kappa shape index (κ1) is 24.3. The fraction of sp³-hybridized carbons (Fsp3) is 0.304. The van der Waals surface area contributed by atoms with Crippen molar-refractivity contribution in [3.8, 4) is 11.1 Å². The van der Waals surface area contributed by atoms with Gasteiger partial charge in [0.15, 0.2) is 5.82 Å². The maximum Gasteiger partial charge on any atom is 0.271 e. The molecule has 1 aromatic carbocycles. The first-order valence-corrected chi connectivity index (χ1v) is 13.2. The van der Waals surface area contributed by atoms with Gasteiger partial charge >= 0.3 is 0 Å². The van der Waals surface area contributed by atoms with Gasteiger partial charge in [0.1, 0.15) is 11.5 Å². The number of carbonyl (C=O) groups is 1. The van der Waals surface area contributed by atoms with Crippen molar-refractivity contribution in [2.24, 2.45) is 0 Å². The monoisotopic (exact) mass is 517 g/mol. The Kier molecular flexibility index (Phi) is 7.49. The maximum atomic E-state index is 13.5. The van der Waals surface area contributed by atoms with E-state index in [1.165, 1.54) is 16.7 Å². The summed E-state index contributed by atoms with van der Waals surface area (Å²) in [5.74, 6) is 0.979. The third kappa shape index (κ3) is 5.29. The normalized spacial score (nSPS) is 18.9. The minimum atomic E-state index is -0.324. The largest absolute Gasteiger partial charge is 0.354 e. The quantitative estimate of drug-likeness (QED) is 0.328. The van der Waals surface area contributed by atoms with Crippen molar-refractivity contribution < 1.29 is 4.79 Å². The van der Waals surface area contributed by atoms with E-state index in [0.29, 0.717) is 17.1 Å². The zero-order valence-corrected chi connectivity index (χ0v) is 22.0. The topological polar surface area (TPSA) is 62.2 Å². The number of aromatic nitrogens is 3. The highest BCUT2D eigenvalue weighted by Crippen LogP contribution is 2.42. The van der Waals surface area contributed by atoms with E-state index in [0.717, 1.165) is 47.4 Å². The number of rotatable bonds is 6. The molecule has 4 rings (SSSR count). The van der Waals surface area contributed by atoms with E-state index in [9.17, 15) is 4.79 Å². The summed E-state index contributed by atoms with van der Waals surface area (Å²) in [5, 5.41) is 0.0161. The Morgan fingerprint density at radius 2 is 1.94 bits per heavy atom. The summed E-state index contributed by atoms with van der Waals surface area (Å²) in [6.07, 6.45) is 5.84. The van der Waals surface area contributed by atoms with Crippen LogP contribution in [0.25, 0.3) is 11.1 Å². The molecule has 0 spiro atoms. The second kappa shape index (κ2) is 10.2. The van der Waals surface area contributed by atoms with E-state index in [2.05, 4.69) is 48.8 Å². The van der Waals surface area contributed by atoms with Gasteiger partial charge in [-0.25, -0.2) is 19.3 Å². The molecule has 6 nitrogen and oxygen atoms in total. The highest BCUT2D eigenvalue weighted by molar-refractivity contribution is 8.21. The number of amides is 1. The molecule has 172 valence electrons. The summed E-state index contributed by atoms with van der Waals surface area (Å²) in [5.41, 5.74) is 2.85. The number of anilines is 2. The number of hydrogen-bond donors (Lipinski definition) is 1. The zero-order chi connectivity index (χ0) is 23.6. The highest BCUT2D eigenvalue weighted by Gasteiger charge is 2.34. The number of carbonyl (C=O) groups excluding carboxylic acids is 1. The molecule has 1 aliphatic heterocycles. The summed E-state index contributed by atoms with van der Waals surface area (Å²) < 4.78 is 1.36. The van der Waals surface area contributed by atoms with Gasteiger partial charge in [0.25, 0.3) is 5.91 Å². The first-order chi connectivity index (χ1) is 15.8. The Bertz CT molecular complexity index is 1130. The molecule has 3 unspecified atom stereocenters. The van der Waals surface area contributed by atoms with Gasteiger partial charge in [0, 0.05) is 42.4 Å². The van der Waals surface area contributed by atoms with Gasteiger partial charge in [-0.3, -0.25) is 4.79 Å². The lowest BCUT2D eigenvalue weighted by atomic mass is 10.0. The minimum absolute atomic E-state index is 0.0751. The Balaban J connectivity index is 1.76. The lowest BCUT2D eigenvalue weighted by Crippen LogP contribution is -2.29. The Morgan fingerprint density at radius 1 is 1.24 bits per heavy atom. The van der Waals surface area contributed by atoms with E-state index >= 15 is 0 Å². The molecule has 1 saturated heterocycles. The molecule has 0 saturated carbocycles. The highest BCUT2D eigenvalue weighted by atomic mass is 35.7. The Hall–Kier alpha value is -1.86. The van der Waals surface area contributed by atoms with Crippen molar-refractivity contribution in [1.29, 1.82) is 0 Å². The van der Waals surface area contributed by atoms with Crippen LogP contribution in [-0.2, 0) is 0 Å². The third-order valence-electron chi connectivity index (χ3n) is 5.61. The van der Waals surface area contributed by atoms with Crippen LogP contribution in [0.5, 0.6) is 0 Å². The molecule has 3 aromatic rings. The molecule has 3 atom stereocenters. The van der Waals surface area contributed by atoms with Gasteiger partial charge in [-0.2, -0.15) is 0 Å². The molecule has 0 aliphatic carbocycles. The number of benzene rings is 1. The van der Waals surface area contributed by atoms with Crippen molar-refractivity contribution >= 4 is 61.1 Å². The summed E-state index contributed by atoms with van der Waals surface area (Å²) in [6, 6.07) is 11.9. The minimum Gasteiger partial charge on any atom is -0.354 e. The number of halogens is 1. The van der Waals surface area contributed by atoms with Crippen LogP contribution in [0.1, 0.15) is 41.7 Å². The molecule has 10 heteroatoms. The van der Waals surface area contributed by atoms with Gasteiger partial charge in [0.2, 0.25) is 0 Å². The Morgan fingerprint density at radius 3 is 2.55 bits per heavy atom. The Labute approximate surface area is 210 Å². The van der Waals surface area contributed by atoms with E-state index in [4.69, 9.17) is 10.7 Å². The fourth-order valence-corrected chi connectivity index (χ4v) is 4.92. The third-order valence-corrected chi connectivity index (χ3v) is 7.75. The average Bonchev–Trinajstić information content (AvgIpc) is 3.22. The molecular formula is C23H25ClN5OPS2. The lowest BCUT2D eigenvalue weighted by molar-refractivity contribution is 0.101. The second-order valence-electron chi connectivity index (χ2n) is 8.40. The van der Waals surface area contributed by atoms with E-state index in [1.807, 2.05) is 43.3 Å². The zero-order valence-electron chi connectivity index (χ0n) is 18.3. The molecule has 2 aromatic heterocycles. The first-order valence-electron chi connectivity index (χ1n) is 10.5. The standard InChI is InChI=1S/C23H25ClN5OPS2/c1-15(33-24)20-26-12-17(13-27-20)22(30)29(32)19-18(16-6-4-3-5-7-16)8-10-25-21(19)28-11-9-23(2,31)14-28/h3-8,10,12-13,15,32H,9,11,14,31H2,1-2H3. The van der Waals surface area contributed by atoms with Crippen LogP contribution in [-0.4, -0.2) is 39.1 Å². The van der Waals surface area contributed by atoms with E-state index in [-0.39, 0.29) is 16.3 Å². The number of pyridine rings is 1. The van der Waals surface area contributed by atoms with Gasteiger partial charge in [-0.05, 0) is 46.6 Å². The van der Waals surface area contributed by atoms with Gasteiger partial charge in [-0.1, -0.05) is 50.1 Å². The van der Waals surface area contributed by atoms with E-state index < -0.39 is 0 Å². The predicted octanol–water partition coefficient (Wildman–Crippen LogP) is 5.82. The summed E-state index contributed by atoms with van der Waals surface area (Å²) >= 11 is 4.67. The van der Waals surface area contributed by atoms with E-state index in [1.54, 1.807) is 6.20 Å². The van der Waals surface area contributed by atoms with Crippen LogP contribution in [0, 0.1) is 0 Å². The molecule has 1 aliphatic rings. The molecule has 3 heterocycles. The van der Waals surface area contributed by atoms with Gasteiger partial charge in [-0.15, -0.1) is 9.24 Å². The number of hydrogen-bond acceptors (Lipinski definition) is 7. The van der Waals surface area contributed by atoms with Crippen molar-refractivity contribution in [2.75, 3.05) is 22.3 Å². The average molecular weight is 518 g/mol. The summed E-state index contributed by atoms with van der Waals surface area (Å²) in [7, 11) is 9.90. The van der Waals surface area contributed by atoms with Crippen LogP contribution in [0.2, 0.25) is 0 Å². The second-order valence-corrected chi connectivity index (χ2v) is 11.6. The van der Waals surface area contributed by atoms with Crippen LogP contribution in [0.4, 0.5) is 11.5 Å². The van der Waals surface area contributed by atoms with Gasteiger partial charge in [0.05, 0.1) is 10.8 Å². The molecule has 0 radical (unpaired) electrons. The molecule has 1 amide bonds. The molecule has 0 N–H and O–H groups in total. The summed E-state index contributed by atoms with van der Waals surface area (Å²) in [4.78, 5) is 29.0. The lowest BCUT2D eigenvalue weighted by Gasteiger charge is -2.28. The molecular weight excluding hydrogens is 493 g/mol. The molecule has 1 fully saturated rings. The van der Waals surface area contributed by atoms with Crippen LogP contribution >= 0.6 is 43.7 Å². The van der Waals surface area contributed by atoms with Gasteiger partial charge < -0.3 is 4.90 Å². The molecule has 0 bridgehead atoms. The van der Waals surface area contributed by atoms with Crippen LogP contribution in [0.15, 0.2) is 55.0 Å². The predicted molar refractivity (Wildman–Crippen MR) is 144 cm³/mol. The van der Waals surface area contributed by atoms with Crippen molar-refractivity contribution in [3.05, 3.63) is 66.4 Å². The van der Waals surface area contributed by atoms with Crippen molar-refractivity contribution in [3.63, 3.8) is 0 Å². The van der Waals surface area contributed by atoms with Crippen LogP contribution < -0.4 is 9.21 Å². The number of thiol groups is 1. The molecule has 33 heavy (non-hydrogen) atoms. The SMILES string of the molecule is CC(SCl)c1ncc(C(=O)N(S)c2c(-c3ccccc3)ccnc2N2CCC(C)(P)C2)cn1. The maximum absolute atomic E-state index is 13.5. The fourth-order valence-electron chi connectivity index (χ4n) is 3.82. The number of nitrogens with zero attached hydrogens (tertiary/aromatic N) is 5. The van der Waals surface area contributed by atoms with Crippen molar-refractivity contribution in [2.45, 2.75) is 30.7 Å².